The van der Waals surface area contributed by atoms with Crippen LogP contribution >= 0.6 is 0 Å². The van der Waals surface area contributed by atoms with Gasteiger partial charge in [-0.05, 0) is 32.2 Å². The molecule has 4 heteroatoms. The van der Waals surface area contributed by atoms with Gasteiger partial charge in [0, 0.05) is 6.04 Å². The second-order valence-electron chi connectivity index (χ2n) is 4.38. The van der Waals surface area contributed by atoms with Gasteiger partial charge in [0.1, 0.15) is 0 Å². The van der Waals surface area contributed by atoms with Crippen molar-refractivity contribution < 1.29 is 4.79 Å². The molecule has 0 aromatic rings. The van der Waals surface area contributed by atoms with Crippen molar-refractivity contribution in [1.82, 2.24) is 5.32 Å². The molecule has 0 heterocycles. The summed E-state index contributed by atoms with van der Waals surface area (Å²) in [6.07, 6.45) is 7.47. The molecule has 1 rings (SSSR count). The Kier molecular flexibility index (Phi) is 5.65. The molecule has 0 radical (unpaired) electrons. The minimum Gasteiger partial charge on any atom is -0.352 e. The van der Waals surface area contributed by atoms with Gasteiger partial charge in [0.05, 0.1) is 6.04 Å². The number of carbonyl (C=O) groups excluding carboxylic acids is 1. The standard InChI is InChI=1S/C11H23N3O/c12-8-4-7-10(13)11(15)14-9-5-2-1-3-6-9/h9-10H,1-8,12-13H2,(H,14,15)/t10-/m1/s1. The molecule has 0 aromatic carbocycles. The summed E-state index contributed by atoms with van der Waals surface area (Å²) in [5, 5.41) is 3.02. The largest absolute Gasteiger partial charge is 0.352 e. The Hall–Kier alpha value is -0.610. The van der Waals surface area contributed by atoms with E-state index in [1.807, 2.05) is 0 Å². The molecule has 1 atom stereocenters. The van der Waals surface area contributed by atoms with E-state index in [0.29, 0.717) is 19.0 Å². The quantitative estimate of drug-likeness (QED) is 0.622. The van der Waals surface area contributed by atoms with Crippen LogP contribution in [-0.2, 0) is 4.79 Å². The smallest absolute Gasteiger partial charge is 0.237 e. The molecule has 0 bridgehead atoms. The van der Waals surface area contributed by atoms with Crippen LogP contribution in [0.1, 0.15) is 44.9 Å². The third-order valence-corrected chi connectivity index (χ3v) is 3.01. The van der Waals surface area contributed by atoms with Crippen LogP contribution in [0.5, 0.6) is 0 Å². The van der Waals surface area contributed by atoms with Crippen molar-refractivity contribution in [2.24, 2.45) is 11.5 Å². The number of amides is 1. The molecule has 1 amide bonds. The minimum atomic E-state index is -0.379. The highest BCUT2D eigenvalue weighted by molar-refractivity contribution is 5.81. The van der Waals surface area contributed by atoms with Crippen LogP contribution in [0.4, 0.5) is 0 Å². The second kappa shape index (κ2) is 6.80. The van der Waals surface area contributed by atoms with E-state index in [0.717, 1.165) is 19.3 Å². The van der Waals surface area contributed by atoms with E-state index >= 15 is 0 Å². The first-order chi connectivity index (χ1) is 7.24. The van der Waals surface area contributed by atoms with E-state index in [-0.39, 0.29) is 11.9 Å². The van der Waals surface area contributed by atoms with Gasteiger partial charge in [-0.2, -0.15) is 0 Å². The number of carbonyl (C=O) groups is 1. The normalized spacial score (nSPS) is 19.9. The van der Waals surface area contributed by atoms with Crippen LogP contribution in [0.2, 0.25) is 0 Å². The number of rotatable bonds is 5. The molecular weight excluding hydrogens is 190 g/mol. The summed E-state index contributed by atoms with van der Waals surface area (Å²) in [5.74, 6) is -0.00431. The van der Waals surface area contributed by atoms with E-state index in [9.17, 15) is 4.79 Å². The molecule has 1 fully saturated rings. The van der Waals surface area contributed by atoms with Gasteiger partial charge < -0.3 is 16.8 Å². The Balaban J connectivity index is 2.20. The highest BCUT2D eigenvalue weighted by atomic mass is 16.2. The lowest BCUT2D eigenvalue weighted by atomic mass is 9.95. The van der Waals surface area contributed by atoms with E-state index in [4.69, 9.17) is 11.5 Å². The summed E-state index contributed by atoms with van der Waals surface area (Å²) in [5.41, 5.74) is 11.1. The fourth-order valence-corrected chi connectivity index (χ4v) is 2.02. The monoisotopic (exact) mass is 213 g/mol. The molecular formula is C11H23N3O. The molecule has 1 saturated carbocycles. The summed E-state index contributed by atoms with van der Waals surface area (Å²) in [6.45, 7) is 0.602. The Morgan fingerprint density at radius 2 is 2.00 bits per heavy atom. The molecule has 4 nitrogen and oxygen atoms in total. The summed E-state index contributed by atoms with van der Waals surface area (Å²) in [4.78, 5) is 11.6. The number of hydrogen-bond acceptors (Lipinski definition) is 3. The number of nitrogens with two attached hydrogens (primary N) is 2. The van der Waals surface area contributed by atoms with E-state index in [2.05, 4.69) is 5.32 Å². The van der Waals surface area contributed by atoms with Gasteiger partial charge in [-0.3, -0.25) is 4.79 Å². The second-order valence-corrected chi connectivity index (χ2v) is 4.38. The van der Waals surface area contributed by atoms with Crippen molar-refractivity contribution in [3.63, 3.8) is 0 Å². The lowest BCUT2D eigenvalue weighted by Crippen LogP contribution is -2.46. The van der Waals surface area contributed by atoms with Crippen LogP contribution in [0.25, 0.3) is 0 Å². The van der Waals surface area contributed by atoms with Crippen molar-refractivity contribution in [2.75, 3.05) is 6.54 Å². The average molecular weight is 213 g/mol. The first-order valence-corrected chi connectivity index (χ1v) is 6.00. The Morgan fingerprint density at radius 3 is 2.60 bits per heavy atom. The average Bonchev–Trinajstić information content (AvgIpc) is 2.27. The molecule has 0 unspecified atom stereocenters. The van der Waals surface area contributed by atoms with E-state index < -0.39 is 0 Å². The van der Waals surface area contributed by atoms with Crippen molar-refractivity contribution in [2.45, 2.75) is 57.0 Å². The van der Waals surface area contributed by atoms with Gasteiger partial charge in [0.15, 0.2) is 0 Å². The maximum atomic E-state index is 11.6. The summed E-state index contributed by atoms with van der Waals surface area (Å²) in [7, 11) is 0. The molecule has 1 aliphatic rings. The zero-order valence-electron chi connectivity index (χ0n) is 9.37. The molecule has 0 aliphatic heterocycles. The molecule has 5 N–H and O–H groups in total. The molecule has 0 aromatic heterocycles. The summed E-state index contributed by atoms with van der Waals surface area (Å²) in [6, 6.07) is -0.0225. The van der Waals surface area contributed by atoms with Crippen molar-refractivity contribution >= 4 is 5.91 Å². The van der Waals surface area contributed by atoms with Gasteiger partial charge in [-0.25, -0.2) is 0 Å². The topological polar surface area (TPSA) is 81.1 Å². The predicted molar refractivity (Wildman–Crippen MR) is 61.3 cm³/mol. The van der Waals surface area contributed by atoms with Crippen molar-refractivity contribution in [3.05, 3.63) is 0 Å². The molecule has 15 heavy (non-hydrogen) atoms. The van der Waals surface area contributed by atoms with Gasteiger partial charge in [-0.15, -0.1) is 0 Å². The lowest BCUT2D eigenvalue weighted by Gasteiger charge is -2.24. The zero-order chi connectivity index (χ0) is 11.1. The summed E-state index contributed by atoms with van der Waals surface area (Å²) >= 11 is 0. The van der Waals surface area contributed by atoms with Gasteiger partial charge in [0.25, 0.3) is 0 Å². The fourth-order valence-electron chi connectivity index (χ4n) is 2.02. The van der Waals surface area contributed by atoms with Crippen molar-refractivity contribution in [3.8, 4) is 0 Å². The lowest BCUT2D eigenvalue weighted by molar-refractivity contribution is -0.123. The van der Waals surface area contributed by atoms with Crippen LogP contribution in [0.15, 0.2) is 0 Å². The first kappa shape index (κ1) is 12.5. The van der Waals surface area contributed by atoms with E-state index in [1.165, 1.54) is 19.3 Å². The SMILES string of the molecule is NCCC[C@@H](N)C(=O)NC1CCCCC1. The van der Waals surface area contributed by atoms with E-state index in [1.54, 1.807) is 0 Å². The van der Waals surface area contributed by atoms with Crippen molar-refractivity contribution in [1.29, 1.82) is 0 Å². The molecule has 1 aliphatic carbocycles. The van der Waals surface area contributed by atoms with Crippen LogP contribution in [-0.4, -0.2) is 24.5 Å². The highest BCUT2D eigenvalue weighted by Crippen LogP contribution is 2.17. The molecule has 0 saturated heterocycles. The Labute approximate surface area is 91.8 Å². The molecule has 0 spiro atoms. The van der Waals surface area contributed by atoms with Crippen LogP contribution < -0.4 is 16.8 Å². The number of hydrogen-bond donors (Lipinski definition) is 3. The van der Waals surface area contributed by atoms with Crippen LogP contribution in [0.3, 0.4) is 0 Å². The maximum Gasteiger partial charge on any atom is 0.237 e. The molecule has 88 valence electrons. The van der Waals surface area contributed by atoms with Gasteiger partial charge in [0.2, 0.25) is 5.91 Å². The Bertz CT molecular complexity index is 190. The van der Waals surface area contributed by atoms with Gasteiger partial charge >= 0.3 is 0 Å². The van der Waals surface area contributed by atoms with Gasteiger partial charge in [-0.1, -0.05) is 19.3 Å². The zero-order valence-corrected chi connectivity index (χ0v) is 9.37. The Morgan fingerprint density at radius 1 is 1.33 bits per heavy atom. The summed E-state index contributed by atoms with van der Waals surface area (Å²) < 4.78 is 0. The predicted octanol–water partition coefficient (Wildman–Crippen LogP) is 0.502. The highest BCUT2D eigenvalue weighted by Gasteiger charge is 2.19. The first-order valence-electron chi connectivity index (χ1n) is 6.00. The fraction of sp³-hybridized carbons (Fsp3) is 0.909. The van der Waals surface area contributed by atoms with Crippen LogP contribution in [0, 0.1) is 0 Å². The minimum absolute atomic E-state index is 0.00431. The number of nitrogens with one attached hydrogen (secondary N) is 1. The third-order valence-electron chi connectivity index (χ3n) is 3.01. The third kappa shape index (κ3) is 4.62. The maximum absolute atomic E-state index is 11.6.